The van der Waals surface area contributed by atoms with Crippen molar-refractivity contribution in [2.75, 3.05) is 0 Å². The van der Waals surface area contributed by atoms with Crippen LogP contribution in [0.1, 0.15) is 19.9 Å². The second-order valence-corrected chi connectivity index (χ2v) is 8.98. The lowest BCUT2D eigenvalue weighted by Crippen LogP contribution is -2.30. The van der Waals surface area contributed by atoms with Gasteiger partial charge in [0.15, 0.2) is 11.3 Å². The molecule has 168 valence electrons. The van der Waals surface area contributed by atoms with Crippen molar-refractivity contribution in [1.29, 1.82) is 0 Å². The molecule has 0 saturated carbocycles. The molecular weight excluding hydrogens is 424 g/mol. The first-order valence-electron chi connectivity index (χ1n) is 11.5. The van der Waals surface area contributed by atoms with Crippen molar-refractivity contribution in [2.45, 2.75) is 26.4 Å². The molecule has 34 heavy (non-hydrogen) atoms. The van der Waals surface area contributed by atoms with Gasteiger partial charge in [0.05, 0.1) is 29.5 Å². The highest BCUT2D eigenvalue weighted by Crippen LogP contribution is 2.44. The molecule has 1 aliphatic rings. The number of rotatable bonds is 4. The van der Waals surface area contributed by atoms with Crippen molar-refractivity contribution in [3.63, 3.8) is 0 Å². The standard InChI is InChI=1S/C27H24N6O/c1-17(2)22-15-33-26(21-13-23(34)20(14-32(21)22)27-28-16-29-30-27)24(18-9-5-3-6-10-18)25(31-33)19-11-7-4-8-12-19/h3-14,16-17,22H,15H2,1-2H3,(H,28,29,30)/t22-/m0/s1. The number of hydrogen-bond acceptors (Lipinski definition) is 4. The predicted octanol–water partition coefficient (Wildman–Crippen LogP) is 5.04. The number of hydrogen-bond donors (Lipinski definition) is 1. The topological polar surface area (TPSA) is 81.4 Å². The quantitative estimate of drug-likeness (QED) is 0.418. The van der Waals surface area contributed by atoms with E-state index in [4.69, 9.17) is 5.10 Å². The Bertz CT molecular complexity index is 1520. The van der Waals surface area contributed by atoms with Gasteiger partial charge in [-0.3, -0.25) is 14.6 Å². The summed E-state index contributed by atoms with van der Waals surface area (Å²) in [5.41, 5.74) is 6.33. The lowest BCUT2D eigenvalue weighted by Gasteiger charge is -2.33. The van der Waals surface area contributed by atoms with Crippen LogP contribution in [-0.2, 0) is 6.54 Å². The summed E-state index contributed by atoms with van der Waals surface area (Å²) >= 11 is 0. The average molecular weight is 449 g/mol. The fraction of sp³-hybridized carbons (Fsp3) is 0.185. The van der Waals surface area contributed by atoms with Crippen LogP contribution in [0, 0.1) is 5.92 Å². The average Bonchev–Trinajstić information content (AvgIpc) is 3.52. The van der Waals surface area contributed by atoms with Gasteiger partial charge in [-0.15, -0.1) is 0 Å². The third-order valence-corrected chi connectivity index (χ3v) is 6.54. The zero-order valence-corrected chi connectivity index (χ0v) is 19.0. The highest BCUT2D eigenvalue weighted by atomic mass is 16.1. The van der Waals surface area contributed by atoms with Crippen molar-refractivity contribution in [3.8, 4) is 45.2 Å². The highest BCUT2D eigenvalue weighted by molar-refractivity contribution is 5.91. The Balaban J connectivity index is 1.67. The minimum absolute atomic E-state index is 0.0968. The van der Waals surface area contributed by atoms with E-state index < -0.39 is 0 Å². The maximum atomic E-state index is 13.3. The minimum Gasteiger partial charge on any atom is -0.340 e. The molecule has 0 fully saturated rings. The molecule has 4 heterocycles. The van der Waals surface area contributed by atoms with E-state index in [2.05, 4.69) is 62.5 Å². The van der Waals surface area contributed by atoms with Crippen LogP contribution in [0.2, 0.25) is 0 Å². The molecule has 0 amide bonds. The third-order valence-electron chi connectivity index (χ3n) is 6.54. The molecule has 5 aromatic rings. The Morgan fingerprint density at radius 3 is 2.35 bits per heavy atom. The Labute approximate surface area is 196 Å². The first-order chi connectivity index (χ1) is 16.6. The number of aromatic amines is 1. The molecule has 2 aromatic carbocycles. The number of nitrogens with one attached hydrogen (secondary N) is 1. The van der Waals surface area contributed by atoms with Crippen LogP contribution in [0.5, 0.6) is 0 Å². The van der Waals surface area contributed by atoms with Crippen molar-refractivity contribution < 1.29 is 0 Å². The summed E-state index contributed by atoms with van der Waals surface area (Å²) in [6.07, 6.45) is 3.35. The second-order valence-electron chi connectivity index (χ2n) is 8.98. The maximum Gasteiger partial charge on any atom is 0.193 e. The van der Waals surface area contributed by atoms with Crippen LogP contribution < -0.4 is 5.43 Å². The zero-order valence-electron chi connectivity index (χ0n) is 19.0. The second kappa shape index (κ2) is 7.95. The van der Waals surface area contributed by atoms with E-state index in [1.807, 2.05) is 42.6 Å². The molecule has 1 N–H and O–H groups in total. The summed E-state index contributed by atoms with van der Waals surface area (Å²) in [6.45, 7) is 5.11. The lowest BCUT2D eigenvalue weighted by molar-refractivity contribution is 0.307. The van der Waals surface area contributed by atoms with Gasteiger partial charge < -0.3 is 4.57 Å². The van der Waals surface area contributed by atoms with Crippen LogP contribution in [0.25, 0.3) is 45.2 Å². The van der Waals surface area contributed by atoms with Gasteiger partial charge >= 0.3 is 0 Å². The SMILES string of the molecule is CC(C)[C@@H]1Cn2nc(-c3ccccc3)c(-c3ccccc3)c2-c2cc(=O)c(-c3ncn[nH]3)cn21. The number of aromatic nitrogens is 6. The smallest absolute Gasteiger partial charge is 0.193 e. The highest BCUT2D eigenvalue weighted by Gasteiger charge is 2.32. The minimum atomic E-state index is -0.0968. The summed E-state index contributed by atoms with van der Waals surface area (Å²) in [7, 11) is 0. The Kier molecular flexibility index (Phi) is 4.76. The van der Waals surface area contributed by atoms with E-state index in [1.165, 1.54) is 6.33 Å². The van der Waals surface area contributed by atoms with Gasteiger partial charge in [-0.25, -0.2) is 4.98 Å². The van der Waals surface area contributed by atoms with Crippen LogP contribution in [0.3, 0.4) is 0 Å². The van der Waals surface area contributed by atoms with E-state index in [1.54, 1.807) is 6.07 Å². The molecule has 3 aromatic heterocycles. The summed E-state index contributed by atoms with van der Waals surface area (Å²) in [6, 6.07) is 22.4. The van der Waals surface area contributed by atoms with Crippen molar-refractivity contribution in [3.05, 3.63) is 89.5 Å². The van der Waals surface area contributed by atoms with Gasteiger partial charge in [-0.2, -0.15) is 10.2 Å². The van der Waals surface area contributed by atoms with E-state index in [9.17, 15) is 4.79 Å². The fourth-order valence-electron chi connectivity index (χ4n) is 4.85. The summed E-state index contributed by atoms with van der Waals surface area (Å²) in [4.78, 5) is 17.5. The van der Waals surface area contributed by atoms with Gasteiger partial charge in [-0.05, 0) is 11.5 Å². The van der Waals surface area contributed by atoms with Gasteiger partial charge in [0.25, 0.3) is 0 Å². The molecule has 0 unspecified atom stereocenters. The summed E-state index contributed by atoms with van der Waals surface area (Å²) in [5, 5.41) is 11.9. The number of nitrogens with zero attached hydrogens (tertiary/aromatic N) is 5. The number of benzene rings is 2. The zero-order chi connectivity index (χ0) is 23.2. The Morgan fingerprint density at radius 1 is 1.00 bits per heavy atom. The molecule has 7 nitrogen and oxygen atoms in total. The van der Waals surface area contributed by atoms with Crippen LogP contribution in [0.4, 0.5) is 0 Å². The summed E-state index contributed by atoms with van der Waals surface area (Å²) in [5.74, 6) is 0.816. The van der Waals surface area contributed by atoms with Crippen LogP contribution in [-0.4, -0.2) is 29.5 Å². The molecule has 1 atom stereocenters. The van der Waals surface area contributed by atoms with Gasteiger partial charge in [0, 0.05) is 23.4 Å². The first kappa shape index (κ1) is 20.4. The third kappa shape index (κ3) is 3.20. The molecule has 0 spiro atoms. The number of fused-ring (bicyclic) bond motifs is 3. The number of pyridine rings is 1. The van der Waals surface area contributed by atoms with Crippen molar-refractivity contribution >= 4 is 0 Å². The molecule has 6 rings (SSSR count). The molecule has 7 heteroatoms. The monoisotopic (exact) mass is 448 g/mol. The van der Waals surface area contributed by atoms with Gasteiger partial charge in [0.2, 0.25) is 0 Å². The predicted molar refractivity (Wildman–Crippen MR) is 132 cm³/mol. The Hall–Kier alpha value is -4.26. The van der Waals surface area contributed by atoms with Crippen LogP contribution >= 0.6 is 0 Å². The van der Waals surface area contributed by atoms with Crippen molar-refractivity contribution in [1.82, 2.24) is 29.5 Å². The van der Waals surface area contributed by atoms with E-state index in [0.717, 1.165) is 33.8 Å². The molecule has 0 radical (unpaired) electrons. The fourth-order valence-corrected chi connectivity index (χ4v) is 4.85. The lowest BCUT2D eigenvalue weighted by atomic mass is 9.94. The molecular formula is C27H24N6O. The molecule has 0 bridgehead atoms. The summed E-state index contributed by atoms with van der Waals surface area (Å²) < 4.78 is 4.31. The number of H-pyrrole nitrogens is 1. The van der Waals surface area contributed by atoms with Gasteiger partial charge in [-0.1, -0.05) is 74.5 Å². The molecule has 1 aliphatic heterocycles. The maximum absolute atomic E-state index is 13.3. The van der Waals surface area contributed by atoms with Gasteiger partial charge in [0.1, 0.15) is 12.0 Å². The first-order valence-corrected chi connectivity index (χ1v) is 11.5. The van der Waals surface area contributed by atoms with Crippen LogP contribution in [0.15, 0.2) is 84.0 Å². The normalized spacial score (nSPS) is 14.7. The molecule has 0 saturated heterocycles. The van der Waals surface area contributed by atoms with E-state index >= 15 is 0 Å². The van der Waals surface area contributed by atoms with E-state index in [-0.39, 0.29) is 11.5 Å². The largest absolute Gasteiger partial charge is 0.340 e. The molecule has 0 aliphatic carbocycles. The van der Waals surface area contributed by atoms with Crippen molar-refractivity contribution in [2.24, 2.45) is 5.92 Å². The Morgan fingerprint density at radius 2 is 1.71 bits per heavy atom. The van der Waals surface area contributed by atoms with E-state index in [0.29, 0.717) is 23.9 Å².